The van der Waals surface area contributed by atoms with Crippen LogP contribution in [0.4, 0.5) is 5.69 Å². The van der Waals surface area contributed by atoms with E-state index in [1.54, 1.807) is 11.3 Å². The van der Waals surface area contributed by atoms with Gasteiger partial charge >= 0.3 is 0 Å². The summed E-state index contributed by atoms with van der Waals surface area (Å²) in [5.74, 6) is 0. The molecule has 96 valence electrons. The minimum absolute atomic E-state index is 0.106. The van der Waals surface area contributed by atoms with E-state index >= 15 is 0 Å². The predicted molar refractivity (Wildman–Crippen MR) is 76.6 cm³/mol. The number of nitrogens with two attached hydrogens (primary N) is 1. The number of ether oxygens (including phenoxy) is 1. The van der Waals surface area contributed by atoms with Gasteiger partial charge in [0.15, 0.2) is 0 Å². The van der Waals surface area contributed by atoms with Crippen LogP contribution in [0.5, 0.6) is 0 Å². The van der Waals surface area contributed by atoms with Gasteiger partial charge in [-0.1, -0.05) is 19.1 Å². The molecule has 2 N–H and O–H groups in total. The van der Waals surface area contributed by atoms with Crippen molar-refractivity contribution in [2.24, 2.45) is 0 Å². The van der Waals surface area contributed by atoms with Crippen LogP contribution in [-0.2, 0) is 4.74 Å². The average Bonchev–Trinajstić information content (AvgIpc) is 2.85. The van der Waals surface area contributed by atoms with E-state index in [9.17, 15) is 0 Å². The maximum atomic E-state index is 5.79. The summed E-state index contributed by atoms with van der Waals surface area (Å²) in [4.78, 5) is 4.65. The molecule has 3 nitrogen and oxygen atoms in total. The second kappa shape index (κ2) is 5.98. The number of aromatic nitrogens is 1. The normalized spacial score (nSPS) is 12.6. The van der Waals surface area contributed by atoms with Crippen LogP contribution >= 0.6 is 11.3 Å². The molecule has 18 heavy (non-hydrogen) atoms. The molecule has 0 fully saturated rings. The van der Waals surface area contributed by atoms with E-state index in [1.807, 2.05) is 31.2 Å². The summed E-state index contributed by atoms with van der Waals surface area (Å²) < 4.78 is 5.67. The first-order valence-electron chi connectivity index (χ1n) is 6.17. The van der Waals surface area contributed by atoms with Gasteiger partial charge in [-0.2, -0.15) is 0 Å². The summed E-state index contributed by atoms with van der Waals surface area (Å²) >= 11 is 1.65. The number of hydrogen-bond acceptors (Lipinski definition) is 4. The van der Waals surface area contributed by atoms with Crippen LogP contribution in [0.2, 0.25) is 0 Å². The minimum Gasteiger partial charge on any atom is -0.399 e. The third-order valence-corrected chi connectivity index (χ3v) is 3.66. The van der Waals surface area contributed by atoms with Crippen molar-refractivity contribution in [2.45, 2.75) is 26.4 Å². The molecule has 1 heterocycles. The minimum atomic E-state index is 0.106. The highest BCUT2D eigenvalue weighted by Gasteiger charge is 2.14. The van der Waals surface area contributed by atoms with Crippen LogP contribution in [0.25, 0.3) is 11.3 Å². The van der Waals surface area contributed by atoms with Crippen molar-refractivity contribution in [3.8, 4) is 11.3 Å². The van der Waals surface area contributed by atoms with Crippen molar-refractivity contribution < 1.29 is 4.74 Å². The van der Waals surface area contributed by atoms with E-state index in [0.29, 0.717) is 6.61 Å². The van der Waals surface area contributed by atoms with E-state index in [-0.39, 0.29) is 6.10 Å². The average molecular weight is 262 g/mol. The fraction of sp³-hybridized carbons (Fsp3) is 0.357. The molecule has 1 aromatic heterocycles. The lowest BCUT2D eigenvalue weighted by molar-refractivity contribution is 0.0597. The zero-order valence-electron chi connectivity index (χ0n) is 10.7. The van der Waals surface area contributed by atoms with E-state index in [2.05, 4.69) is 17.3 Å². The molecule has 0 aliphatic rings. The Bertz CT molecular complexity index is 510. The largest absolute Gasteiger partial charge is 0.399 e. The number of nitrogens with zero attached hydrogens (tertiary/aromatic N) is 1. The molecule has 0 radical (unpaired) electrons. The quantitative estimate of drug-likeness (QED) is 0.832. The van der Waals surface area contributed by atoms with Crippen LogP contribution in [0.1, 0.15) is 31.4 Å². The highest BCUT2D eigenvalue weighted by atomic mass is 32.1. The molecule has 0 spiro atoms. The smallest absolute Gasteiger partial charge is 0.122 e. The van der Waals surface area contributed by atoms with Crippen molar-refractivity contribution >= 4 is 17.0 Å². The lowest BCUT2D eigenvalue weighted by Gasteiger charge is -2.11. The third kappa shape index (κ3) is 2.89. The standard InChI is InChI=1S/C14H18N2OS/c1-3-13(17-4-2)14-16-12(9-18-14)10-6-5-7-11(15)8-10/h5-9,13H,3-4,15H2,1-2H3. The summed E-state index contributed by atoms with van der Waals surface area (Å²) in [6.07, 6.45) is 1.05. The molecule has 0 saturated carbocycles. The van der Waals surface area contributed by atoms with Crippen LogP contribution in [-0.4, -0.2) is 11.6 Å². The molecular formula is C14H18N2OS. The molecule has 4 heteroatoms. The van der Waals surface area contributed by atoms with Crippen LogP contribution in [0.15, 0.2) is 29.6 Å². The number of benzene rings is 1. The van der Waals surface area contributed by atoms with Gasteiger partial charge in [-0.25, -0.2) is 4.98 Å². The number of hydrogen-bond donors (Lipinski definition) is 1. The molecular weight excluding hydrogens is 244 g/mol. The summed E-state index contributed by atoms with van der Waals surface area (Å²) in [5.41, 5.74) is 8.58. The molecule has 0 aliphatic carbocycles. The number of rotatable bonds is 5. The fourth-order valence-corrected chi connectivity index (χ4v) is 2.79. The maximum absolute atomic E-state index is 5.79. The molecule has 0 bridgehead atoms. The first kappa shape index (κ1) is 13.1. The van der Waals surface area contributed by atoms with Gasteiger partial charge in [-0.05, 0) is 25.5 Å². The van der Waals surface area contributed by atoms with Gasteiger partial charge in [0.25, 0.3) is 0 Å². The van der Waals surface area contributed by atoms with Gasteiger partial charge in [0.2, 0.25) is 0 Å². The van der Waals surface area contributed by atoms with Gasteiger partial charge in [-0.15, -0.1) is 11.3 Å². The monoisotopic (exact) mass is 262 g/mol. The Labute approximate surface area is 112 Å². The van der Waals surface area contributed by atoms with E-state index in [1.165, 1.54) is 0 Å². The zero-order chi connectivity index (χ0) is 13.0. The summed E-state index contributed by atoms with van der Waals surface area (Å²) in [6, 6.07) is 7.80. The molecule has 2 aromatic rings. The number of anilines is 1. The molecule has 0 saturated heterocycles. The van der Waals surface area contributed by atoms with Crippen molar-refractivity contribution in [1.82, 2.24) is 4.98 Å². The fourth-order valence-electron chi connectivity index (χ4n) is 1.83. The van der Waals surface area contributed by atoms with Gasteiger partial charge in [0.1, 0.15) is 11.1 Å². The Balaban J connectivity index is 2.24. The number of nitrogen functional groups attached to an aromatic ring is 1. The van der Waals surface area contributed by atoms with E-state index in [0.717, 1.165) is 28.4 Å². The summed E-state index contributed by atoms with van der Waals surface area (Å²) in [5, 5.41) is 3.10. The molecule has 0 amide bonds. The van der Waals surface area contributed by atoms with Gasteiger partial charge in [0, 0.05) is 23.2 Å². The van der Waals surface area contributed by atoms with E-state index < -0.39 is 0 Å². The lowest BCUT2D eigenvalue weighted by atomic mass is 10.1. The summed E-state index contributed by atoms with van der Waals surface area (Å²) in [7, 11) is 0. The van der Waals surface area contributed by atoms with Gasteiger partial charge in [0.05, 0.1) is 5.69 Å². The molecule has 1 unspecified atom stereocenters. The molecule has 1 atom stereocenters. The Morgan fingerprint density at radius 2 is 2.22 bits per heavy atom. The second-order valence-electron chi connectivity index (χ2n) is 4.05. The second-order valence-corrected chi connectivity index (χ2v) is 4.94. The highest BCUT2D eigenvalue weighted by Crippen LogP contribution is 2.29. The molecule has 0 aliphatic heterocycles. The zero-order valence-corrected chi connectivity index (χ0v) is 11.5. The lowest BCUT2D eigenvalue weighted by Crippen LogP contribution is -2.02. The number of thiazole rings is 1. The topological polar surface area (TPSA) is 48.1 Å². The Kier molecular flexibility index (Phi) is 4.33. The van der Waals surface area contributed by atoms with Crippen LogP contribution in [0, 0.1) is 0 Å². The van der Waals surface area contributed by atoms with E-state index in [4.69, 9.17) is 10.5 Å². The first-order chi connectivity index (χ1) is 8.74. The highest BCUT2D eigenvalue weighted by molar-refractivity contribution is 7.10. The van der Waals surface area contributed by atoms with Crippen molar-refractivity contribution in [1.29, 1.82) is 0 Å². The third-order valence-electron chi connectivity index (χ3n) is 2.72. The Morgan fingerprint density at radius 1 is 1.39 bits per heavy atom. The molecule has 1 aromatic carbocycles. The van der Waals surface area contributed by atoms with Crippen molar-refractivity contribution in [2.75, 3.05) is 12.3 Å². The van der Waals surface area contributed by atoms with Crippen LogP contribution < -0.4 is 5.73 Å². The van der Waals surface area contributed by atoms with Gasteiger partial charge in [-0.3, -0.25) is 0 Å². The molecule has 2 rings (SSSR count). The maximum Gasteiger partial charge on any atom is 0.122 e. The Morgan fingerprint density at radius 3 is 2.89 bits per heavy atom. The Hall–Kier alpha value is -1.39. The SMILES string of the molecule is CCOC(CC)c1nc(-c2cccc(N)c2)cs1. The summed E-state index contributed by atoms with van der Waals surface area (Å²) in [6.45, 7) is 4.84. The predicted octanol–water partition coefficient (Wildman–Crippen LogP) is 3.88. The van der Waals surface area contributed by atoms with Crippen molar-refractivity contribution in [3.63, 3.8) is 0 Å². The van der Waals surface area contributed by atoms with Gasteiger partial charge < -0.3 is 10.5 Å². The van der Waals surface area contributed by atoms with Crippen molar-refractivity contribution in [3.05, 3.63) is 34.7 Å². The first-order valence-corrected chi connectivity index (χ1v) is 7.05. The van der Waals surface area contributed by atoms with Crippen LogP contribution in [0.3, 0.4) is 0 Å².